The van der Waals surface area contributed by atoms with Crippen molar-refractivity contribution in [1.82, 2.24) is 20.2 Å². The zero-order chi connectivity index (χ0) is 19.8. The van der Waals surface area contributed by atoms with Crippen LogP contribution in [-0.2, 0) is 4.79 Å². The van der Waals surface area contributed by atoms with Gasteiger partial charge >= 0.3 is 5.97 Å². The summed E-state index contributed by atoms with van der Waals surface area (Å²) in [6.07, 6.45) is 0. The summed E-state index contributed by atoms with van der Waals surface area (Å²) in [5, 5.41) is 24.3. The minimum absolute atomic E-state index is 0.137. The number of carboxylic acid groups (broad SMARTS) is 1. The Morgan fingerprint density at radius 1 is 1.18 bits per heavy atom. The third kappa shape index (κ3) is 2.78. The van der Waals surface area contributed by atoms with Gasteiger partial charge in [-0.1, -0.05) is 41.5 Å². The van der Waals surface area contributed by atoms with Crippen molar-refractivity contribution in [3.05, 3.63) is 70.9 Å². The molecule has 0 saturated carbocycles. The average Bonchev–Trinajstić information content (AvgIpc) is 3.14. The summed E-state index contributed by atoms with van der Waals surface area (Å²) in [5.74, 6) is -1.25. The molecule has 4 rings (SSSR count). The van der Waals surface area contributed by atoms with Crippen LogP contribution in [0.15, 0.2) is 59.8 Å². The Hall–Kier alpha value is -4.01. The Kier molecular flexibility index (Phi) is 4.11. The second-order valence-electron chi connectivity index (χ2n) is 6.35. The molecule has 1 unspecified atom stereocenters. The summed E-state index contributed by atoms with van der Waals surface area (Å²) in [4.78, 5) is 23.6. The number of aliphatic carboxylic acids is 1. The number of hydrogen-bond acceptors (Lipinski definition) is 6. The molecule has 28 heavy (non-hydrogen) atoms. The summed E-state index contributed by atoms with van der Waals surface area (Å²) < 4.78 is 1.44. The van der Waals surface area contributed by atoms with Gasteiger partial charge in [-0.25, -0.2) is 4.79 Å². The summed E-state index contributed by atoms with van der Waals surface area (Å²) in [5.41, 5.74) is 8.55. The highest BCUT2D eigenvalue weighted by Gasteiger charge is 2.35. The summed E-state index contributed by atoms with van der Waals surface area (Å²) in [6.45, 7) is 1.67. The lowest BCUT2D eigenvalue weighted by Gasteiger charge is -2.27. The van der Waals surface area contributed by atoms with Crippen molar-refractivity contribution in [3.63, 3.8) is 0 Å². The van der Waals surface area contributed by atoms with E-state index in [0.717, 1.165) is 11.1 Å². The van der Waals surface area contributed by atoms with E-state index in [-0.39, 0.29) is 5.57 Å². The number of amides is 1. The highest BCUT2D eigenvalue weighted by Crippen LogP contribution is 2.39. The number of fused-ring (bicyclic) bond motifs is 1. The van der Waals surface area contributed by atoms with Gasteiger partial charge in [-0.15, -0.1) is 0 Å². The van der Waals surface area contributed by atoms with Gasteiger partial charge in [0.2, 0.25) is 11.9 Å². The van der Waals surface area contributed by atoms with E-state index in [2.05, 4.69) is 20.8 Å². The number of nitrogens with zero attached hydrogens (tertiary/aromatic N) is 4. The van der Waals surface area contributed by atoms with Gasteiger partial charge < -0.3 is 16.2 Å². The molecule has 2 aromatic carbocycles. The van der Waals surface area contributed by atoms with Crippen LogP contribution in [0.4, 0.5) is 5.95 Å². The molecule has 2 heterocycles. The van der Waals surface area contributed by atoms with Gasteiger partial charge in [-0.3, -0.25) is 4.79 Å². The fraction of sp³-hybridized carbons (Fsp3) is 0.105. The molecule has 140 valence electrons. The molecule has 0 fully saturated rings. The normalized spacial score (nSPS) is 15.7. The number of allylic oxidation sites excluding steroid dienone is 1. The predicted molar refractivity (Wildman–Crippen MR) is 100 cm³/mol. The van der Waals surface area contributed by atoms with Crippen LogP contribution in [0.25, 0.3) is 11.1 Å². The van der Waals surface area contributed by atoms with E-state index in [9.17, 15) is 14.7 Å². The second-order valence-corrected chi connectivity index (χ2v) is 6.35. The van der Waals surface area contributed by atoms with Gasteiger partial charge in [0, 0.05) is 11.3 Å². The molecule has 3 aromatic rings. The molecule has 0 saturated heterocycles. The smallest absolute Gasteiger partial charge is 0.335 e. The van der Waals surface area contributed by atoms with Gasteiger partial charge in [0.25, 0.3) is 0 Å². The van der Waals surface area contributed by atoms with Crippen LogP contribution in [0.1, 0.15) is 28.9 Å². The first-order valence-corrected chi connectivity index (χ1v) is 8.45. The minimum atomic E-state index is -1.07. The van der Waals surface area contributed by atoms with Crippen LogP contribution in [0.2, 0.25) is 0 Å². The molecule has 9 nitrogen and oxygen atoms in total. The Morgan fingerprint density at radius 3 is 2.71 bits per heavy atom. The fourth-order valence-electron chi connectivity index (χ4n) is 3.42. The van der Waals surface area contributed by atoms with Crippen LogP contribution in [0.5, 0.6) is 0 Å². The number of rotatable bonds is 4. The number of hydrogen-bond donors (Lipinski definition) is 3. The van der Waals surface area contributed by atoms with Crippen molar-refractivity contribution in [2.45, 2.75) is 13.0 Å². The van der Waals surface area contributed by atoms with Gasteiger partial charge in [0.05, 0.1) is 5.57 Å². The van der Waals surface area contributed by atoms with Gasteiger partial charge in [-0.05, 0) is 46.2 Å². The Morgan fingerprint density at radius 2 is 1.96 bits per heavy atom. The topological polar surface area (TPSA) is 136 Å². The molecular formula is C19H16N6O3. The van der Waals surface area contributed by atoms with E-state index in [1.807, 2.05) is 30.3 Å². The lowest BCUT2D eigenvalue weighted by Crippen LogP contribution is -2.29. The molecule has 0 aliphatic carbocycles. The number of carbonyl (C=O) groups excluding carboxylic acids is 1. The Balaban J connectivity index is 1.95. The van der Waals surface area contributed by atoms with Crippen LogP contribution in [-0.4, -0.2) is 37.2 Å². The van der Waals surface area contributed by atoms with E-state index >= 15 is 0 Å². The first kappa shape index (κ1) is 17.4. The zero-order valence-corrected chi connectivity index (χ0v) is 14.8. The third-order valence-corrected chi connectivity index (χ3v) is 4.66. The molecule has 0 radical (unpaired) electrons. The van der Waals surface area contributed by atoms with E-state index in [1.165, 1.54) is 4.68 Å². The summed E-state index contributed by atoms with van der Waals surface area (Å²) >= 11 is 0. The minimum Gasteiger partial charge on any atom is -0.478 e. The van der Waals surface area contributed by atoms with Crippen LogP contribution in [0, 0.1) is 0 Å². The number of primary amides is 1. The molecule has 1 aliphatic heterocycles. The molecule has 0 bridgehead atoms. The number of benzene rings is 2. The average molecular weight is 376 g/mol. The van der Waals surface area contributed by atoms with Crippen molar-refractivity contribution in [1.29, 1.82) is 0 Å². The quantitative estimate of drug-likeness (QED) is 0.632. The highest BCUT2D eigenvalue weighted by molar-refractivity contribution is 5.95. The number of anilines is 1. The molecule has 0 spiro atoms. The Labute approximate surface area is 159 Å². The standard InChI is InChI=1S/C19H16N6O3/c1-10-15(18(27)28)16(25-19(21-10)22-23-24-25)14-8-3-2-7-13(14)11-5-4-6-12(9-11)17(20)26/h2-9,16H,1H3,(H2,20,26)(H,27,28)(H,21,22,24). The second kappa shape index (κ2) is 6.62. The molecule has 4 N–H and O–H groups in total. The maximum absolute atomic E-state index is 12.0. The number of carboxylic acids is 1. The van der Waals surface area contributed by atoms with E-state index in [4.69, 9.17) is 5.73 Å². The van der Waals surface area contributed by atoms with Crippen LogP contribution in [0.3, 0.4) is 0 Å². The van der Waals surface area contributed by atoms with Crippen molar-refractivity contribution >= 4 is 17.8 Å². The van der Waals surface area contributed by atoms with Crippen LogP contribution >= 0.6 is 0 Å². The summed E-state index contributed by atoms with van der Waals surface area (Å²) in [7, 11) is 0. The number of nitrogens with two attached hydrogens (primary N) is 1. The number of nitrogens with one attached hydrogen (secondary N) is 1. The zero-order valence-electron chi connectivity index (χ0n) is 14.8. The van der Waals surface area contributed by atoms with Crippen LogP contribution < -0.4 is 11.1 Å². The number of tetrazole rings is 1. The lowest BCUT2D eigenvalue weighted by molar-refractivity contribution is -0.133. The molecule has 1 atom stereocenters. The SMILES string of the molecule is CC1=C(C(=O)O)C(c2ccccc2-c2cccc(C(N)=O)c2)n2nnnc2N1. The third-order valence-electron chi connectivity index (χ3n) is 4.66. The highest BCUT2D eigenvalue weighted by atomic mass is 16.4. The maximum Gasteiger partial charge on any atom is 0.335 e. The first-order valence-electron chi connectivity index (χ1n) is 8.45. The molecule has 1 aromatic heterocycles. The molecule has 1 aliphatic rings. The van der Waals surface area contributed by atoms with Gasteiger partial charge in [0.1, 0.15) is 6.04 Å². The molecular weight excluding hydrogens is 360 g/mol. The Bertz CT molecular complexity index is 1130. The largest absolute Gasteiger partial charge is 0.478 e. The van der Waals surface area contributed by atoms with E-state index in [0.29, 0.717) is 22.8 Å². The van der Waals surface area contributed by atoms with Gasteiger partial charge in [-0.2, -0.15) is 4.68 Å². The fourth-order valence-corrected chi connectivity index (χ4v) is 3.42. The van der Waals surface area contributed by atoms with E-state index < -0.39 is 17.9 Å². The maximum atomic E-state index is 12.0. The number of carbonyl (C=O) groups is 2. The molecule has 9 heteroatoms. The number of aromatic nitrogens is 4. The molecule has 1 amide bonds. The van der Waals surface area contributed by atoms with E-state index in [1.54, 1.807) is 25.1 Å². The van der Waals surface area contributed by atoms with Crippen molar-refractivity contribution < 1.29 is 14.7 Å². The summed E-state index contributed by atoms with van der Waals surface area (Å²) in [6, 6.07) is 13.5. The monoisotopic (exact) mass is 376 g/mol. The van der Waals surface area contributed by atoms with Crippen molar-refractivity contribution in [3.8, 4) is 11.1 Å². The van der Waals surface area contributed by atoms with Crippen molar-refractivity contribution in [2.24, 2.45) is 5.73 Å². The lowest BCUT2D eigenvalue weighted by atomic mass is 9.89. The van der Waals surface area contributed by atoms with Crippen molar-refractivity contribution in [2.75, 3.05) is 5.32 Å². The van der Waals surface area contributed by atoms with Gasteiger partial charge in [0.15, 0.2) is 0 Å². The predicted octanol–water partition coefficient (Wildman–Crippen LogP) is 1.81. The first-order chi connectivity index (χ1) is 13.5.